The smallest absolute Gasteiger partial charge is 0.252 e. The van der Waals surface area contributed by atoms with E-state index < -0.39 is 12.0 Å². The summed E-state index contributed by atoms with van der Waals surface area (Å²) in [6.45, 7) is 0. The van der Waals surface area contributed by atoms with Crippen LogP contribution in [0, 0.1) is 0 Å². The number of carbonyl (C=O) groups excluding carboxylic acids is 1. The van der Waals surface area contributed by atoms with Crippen LogP contribution in [-0.2, 0) is 4.79 Å². The largest absolute Gasteiger partial charge is 0.377 e. The highest BCUT2D eigenvalue weighted by Gasteiger charge is 2.14. The molecule has 12 heavy (non-hydrogen) atoms. The van der Waals surface area contributed by atoms with Crippen molar-refractivity contribution >= 4 is 21.8 Å². The van der Waals surface area contributed by atoms with Crippen molar-refractivity contribution in [1.82, 2.24) is 4.98 Å². The van der Waals surface area contributed by atoms with Crippen molar-refractivity contribution in [3.8, 4) is 0 Å². The lowest BCUT2D eigenvalue weighted by Gasteiger charge is -2.04. The molecule has 0 aliphatic carbocycles. The van der Waals surface area contributed by atoms with Crippen LogP contribution in [0.15, 0.2) is 22.8 Å². The molecule has 0 bridgehead atoms. The van der Waals surface area contributed by atoms with E-state index in [0.29, 0.717) is 4.60 Å². The fourth-order valence-electron chi connectivity index (χ4n) is 0.722. The molecule has 0 aromatic carbocycles. The number of hydrogen-bond acceptors (Lipinski definition) is 3. The van der Waals surface area contributed by atoms with Crippen LogP contribution in [0.25, 0.3) is 0 Å². The standard InChI is InChI=1S/C7H7BrN2O2/c8-5-3-1-2-4(10-5)6(11)7(9)12/h1-3,6,11H,(H2,9,12)/t6-/m1/s1. The van der Waals surface area contributed by atoms with E-state index in [-0.39, 0.29) is 5.69 Å². The van der Waals surface area contributed by atoms with Gasteiger partial charge in [0.2, 0.25) is 0 Å². The number of carbonyl (C=O) groups is 1. The number of halogens is 1. The van der Waals surface area contributed by atoms with E-state index >= 15 is 0 Å². The van der Waals surface area contributed by atoms with E-state index in [1.807, 2.05) is 0 Å². The van der Waals surface area contributed by atoms with Crippen LogP contribution in [0.1, 0.15) is 11.8 Å². The third-order valence-corrected chi connectivity index (χ3v) is 1.73. The first-order valence-electron chi connectivity index (χ1n) is 3.21. The second-order valence-corrected chi connectivity index (χ2v) is 3.00. The van der Waals surface area contributed by atoms with Crippen molar-refractivity contribution in [3.63, 3.8) is 0 Å². The van der Waals surface area contributed by atoms with Gasteiger partial charge in [0.1, 0.15) is 4.60 Å². The molecule has 0 fully saturated rings. The van der Waals surface area contributed by atoms with E-state index in [1.165, 1.54) is 6.07 Å². The lowest BCUT2D eigenvalue weighted by Crippen LogP contribution is -2.21. The monoisotopic (exact) mass is 230 g/mol. The zero-order valence-corrected chi connectivity index (χ0v) is 7.65. The van der Waals surface area contributed by atoms with Gasteiger partial charge in [0, 0.05) is 0 Å². The summed E-state index contributed by atoms with van der Waals surface area (Å²) in [4.78, 5) is 14.4. The average Bonchev–Trinajstić information content (AvgIpc) is 2.03. The molecule has 1 rings (SSSR count). The Labute approximate surface area is 77.5 Å². The van der Waals surface area contributed by atoms with Crippen LogP contribution >= 0.6 is 15.9 Å². The molecule has 3 N–H and O–H groups in total. The summed E-state index contributed by atoms with van der Waals surface area (Å²) in [6, 6.07) is 4.88. The number of hydrogen-bond donors (Lipinski definition) is 2. The molecule has 64 valence electrons. The SMILES string of the molecule is NC(=O)[C@H](O)c1cccc(Br)n1. The Morgan fingerprint density at radius 3 is 2.83 bits per heavy atom. The van der Waals surface area contributed by atoms with E-state index in [0.717, 1.165) is 0 Å². The van der Waals surface area contributed by atoms with Gasteiger partial charge in [-0.1, -0.05) is 6.07 Å². The summed E-state index contributed by atoms with van der Waals surface area (Å²) >= 11 is 3.11. The van der Waals surface area contributed by atoms with Crippen LogP contribution < -0.4 is 5.73 Å². The van der Waals surface area contributed by atoms with Crippen molar-refractivity contribution in [2.24, 2.45) is 5.73 Å². The topological polar surface area (TPSA) is 76.2 Å². The lowest BCUT2D eigenvalue weighted by atomic mass is 10.2. The summed E-state index contributed by atoms with van der Waals surface area (Å²) in [5.41, 5.74) is 5.12. The minimum absolute atomic E-state index is 0.247. The molecule has 0 unspecified atom stereocenters. The third-order valence-electron chi connectivity index (χ3n) is 1.29. The Kier molecular flexibility index (Phi) is 2.78. The van der Waals surface area contributed by atoms with Crippen molar-refractivity contribution in [3.05, 3.63) is 28.5 Å². The van der Waals surface area contributed by atoms with Gasteiger partial charge >= 0.3 is 0 Å². The molecule has 0 spiro atoms. The zero-order chi connectivity index (χ0) is 9.14. The van der Waals surface area contributed by atoms with Gasteiger partial charge in [0.25, 0.3) is 5.91 Å². The molecule has 0 aliphatic rings. The van der Waals surface area contributed by atoms with Crippen molar-refractivity contribution in [1.29, 1.82) is 0 Å². The number of aliphatic hydroxyl groups is 1. The maximum atomic E-state index is 10.5. The summed E-state index contributed by atoms with van der Waals surface area (Å²) in [5.74, 6) is -0.805. The number of aromatic nitrogens is 1. The van der Waals surface area contributed by atoms with Gasteiger partial charge in [-0.05, 0) is 28.1 Å². The van der Waals surface area contributed by atoms with Crippen molar-refractivity contribution in [2.45, 2.75) is 6.10 Å². The number of aliphatic hydroxyl groups excluding tert-OH is 1. The van der Waals surface area contributed by atoms with Crippen LogP contribution in [0.2, 0.25) is 0 Å². The average molecular weight is 231 g/mol. The number of nitrogens with two attached hydrogens (primary N) is 1. The molecular weight excluding hydrogens is 224 g/mol. The molecule has 0 saturated heterocycles. The molecule has 4 nitrogen and oxygen atoms in total. The van der Waals surface area contributed by atoms with Gasteiger partial charge in [-0.25, -0.2) is 4.98 Å². The quantitative estimate of drug-likeness (QED) is 0.721. The summed E-state index contributed by atoms with van der Waals surface area (Å²) in [6.07, 6.45) is -1.33. The van der Waals surface area contributed by atoms with Gasteiger partial charge in [0.15, 0.2) is 6.10 Å². The molecule has 0 radical (unpaired) electrons. The minimum atomic E-state index is -1.33. The number of nitrogens with zero attached hydrogens (tertiary/aromatic N) is 1. The molecule has 1 aromatic rings. The summed E-state index contributed by atoms with van der Waals surface area (Å²) in [7, 11) is 0. The van der Waals surface area contributed by atoms with Crippen LogP contribution in [0.4, 0.5) is 0 Å². The van der Waals surface area contributed by atoms with Gasteiger partial charge in [0.05, 0.1) is 5.69 Å². The van der Waals surface area contributed by atoms with Gasteiger partial charge in [-0.15, -0.1) is 0 Å². The normalized spacial score (nSPS) is 12.5. The van der Waals surface area contributed by atoms with Gasteiger partial charge < -0.3 is 10.8 Å². The number of primary amides is 1. The molecule has 5 heteroatoms. The van der Waals surface area contributed by atoms with Crippen LogP contribution in [-0.4, -0.2) is 16.0 Å². The predicted molar refractivity (Wildman–Crippen MR) is 46.1 cm³/mol. The Morgan fingerprint density at radius 2 is 2.33 bits per heavy atom. The van der Waals surface area contributed by atoms with Crippen molar-refractivity contribution in [2.75, 3.05) is 0 Å². The Balaban J connectivity index is 2.95. The number of amides is 1. The first kappa shape index (κ1) is 9.15. The molecular formula is C7H7BrN2O2. The lowest BCUT2D eigenvalue weighted by molar-refractivity contribution is -0.126. The highest BCUT2D eigenvalue weighted by molar-refractivity contribution is 9.10. The highest BCUT2D eigenvalue weighted by Crippen LogP contribution is 2.12. The van der Waals surface area contributed by atoms with E-state index in [9.17, 15) is 4.79 Å². The molecule has 1 atom stereocenters. The fourth-order valence-corrected chi connectivity index (χ4v) is 1.08. The summed E-state index contributed by atoms with van der Waals surface area (Å²) < 4.78 is 0.556. The first-order chi connectivity index (χ1) is 5.61. The second-order valence-electron chi connectivity index (χ2n) is 2.19. The van der Waals surface area contributed by atoms with Gasteiger partial charge in [-0.3, -0.25) is 4.79 Å². The van der Waals surface area contributed by atoms with Gasteiger partial charge in [-0.2, -0.15) is 0 Å². The summed E-state index contributed by atoms with van der Waals surface area (Å²) in [5, 5.41) is 9.16. The maximum absolute atomic E-state index is 10.5. The van der Waals surface area contributed by atoms with Crippen LogP contribution in [0.5, 0.6) is 0 Å². The number of pyridine rings is 1. The Morgan fingerprint density at radius 1 is 1.67 bits per heavy atom. The zero-order valence-electron chi connectivity index (χ0n) is 6.07. The Bertz CT molecular complexity index is 303. The molecule has 0 saturated carbocycles. The molecule has 1 heterocycles. The third kappa shape index (κ3) is 2.02. The van der Waals surface area contributed by atoms with Crippen LogP contribution in [0.3, 0.4) is 0 Å². The van der Waals surface area contributed by atoms with E-state index in [4.69, 9.17) is 10.8 Å². The highest BCUT2D eigenvalue weighted by atomic mass is 79.9. The number of rotatable bonds is 2. The van der Waals surface area contributed by atoms with Crippen molar-refractivity contribution < 1.29 is 9.90 Å². The molecule has 1 aromatic heterocycles. The predicted octanol–water partition coefficient (Wildman–Crippen LogP) is 0.363. The maximum Gasteiger partial charge on any atom is 0.252 e. The minimum Gasteiger partial charge on any atom is -0.377 e. The molecule has 0 aliphatic heterocycles. The Hall–Kier alpha value is -0.940. The first-order valence-corrected chi connectivity index (χ1v) is 4.00. The van der Waals surface area contributed by atoms with E-state index in [2.05, 4.69) is 20.9 Å². The second kappa shape index (κ2) is 3.64. The molecule has 1 amide bonds. The fraction of sp³-hybridized carbons (Fsp3) is 0.143. The van der Waals surface area contributed by atoms with E-state index in [1.54, 1.807) is 12.1 Å².